The maximum atomic E-state index is 12.3. The molecule has 2 rings (SSSR count). The second-order valence-electron chi connectivity index (χ2n) is 4.27. The SMILES string of the molecule is CN(Cc1ccc(C(F)F)cc1)C1CNC1.Cl. The first-order valence-electron chi connectivity index (χ1n) is 5.45. The van der Waals surface area contributed by atoms with Crippen LogP contribution in [0.5, 0.6) is 0 Å². The molecule has 1 saturated heterocycles. The van der Waals surface area contributed by atoms with E-state index in [9.17, 15) is 8.78 Å². The van der Waals surface area contributed by atoms with Gasteiger partial charge in [0.1, 0.15) is 0 Å². The average Bonchev–Trinajstić information content (AvgIpc) is 2.15. The molecule has 1 aromatic carbocycles. The lowest BCUT2D eigenvalue weighted by Gasteiger charge is -2.35. The molecular weight excluding hydrogens is 246 g/mol. The number of nitrogens with one attached hydrogen (secondary N) is 1. The lowest BCUT2D eigenvalue weighted by Crippen LogP contribution is -2.55. The largest absolute Gasteiger partial charge is 0.314 e. The standard InChI is InChI=1S/C12H16F2N2.ClH/c1-16(11-6-15-7-11)8-9-2-4-10(5-3-9)12(13)14;/h2-5,11-12,15H,6-8H2,1H3;1H. The normalized spacial score (nSPS) is 15.8. The van der Waals surface area contributed by atoms with Crippen molar-refractivity contribution in [2.24, 2.45) is 0 Å². The van der Waals surface area contributed by atoms with Gasteiger partial charge in [0.2, 0.25) is 0 Å². The van der Waals surface area contributed by atoms with E-state index in [4.69, 9.17) is 0 Å². The highest BCUT2D eigenvalue weighted by atomic mass is 35.5. The summed E-state index contributed by atoms with van der Waals surface area (Å²) in [6.45, 7) is 2.85. The van der Waals surface area contributed by atoms with E-state index in [2.05, 4.69) is 17.3 Å². The highest BCUT2D eigenvalue weighted by molar-refractivity contribution is 5.85. The minimum Gasteiger partial charge on any atom is -0.314 e. The van der Waals surface area contributed by atoms with E-state index in [1.165, 1.54) is 12.1 Å². The van der Waals surface area contributed by atoms with E-state index >= 15 is 0 Å². The summed E-state index contributed by atoms with van der Waals surface area (Å²) < 4.78 is 24.7. The van der Waals surface area contributed by atoms with Gasteiger partial charge < -0.3 is 5.32 Å². The number of nitrogens with zero attached hydrogens (tertiary/aromatic N) is 1. The number of likely N-dealkylation sites (N-methyl/N-ethyl adjacent to an activating group) is 1. The van der Waals surface area contributed by atoms with Crippen LogP contribution in [0.3, 0.4) is 0 Å². The van der Waals surface area contributed by atoms with Crippen molar-refractivity contribution < 1.29 is 8.78 Å². The van der Waals surface area contributed by atoms with Crippen molar-refractivity contribution in [1.82, 2.24) is 10.2 Å². The third-order valence-corrected chi connectivity index (χ3v) is 3.05. The molecule has 1 aliphatic rings. The van der Waals surface area contributed by atoms with Gasteiger partial charge in [-0.25, -0.2) is 8.78 Å². The highest BCUT2D eigenvalue weighted by Gasteiger charge is 2.21. The van der Waals surface area contributed by atoms with Crippen molar-refractivity contribution in [3.05, 3.63) is 35.4 Å². The van der Waals surface area contributed by atoms with E-state index < -0.39 is 6.43 Å². The fraction of sp³-hybridized carbons (Fsp3) is 0.500. The summed E-state index contributed by atoms with van der Waals surface area (Å²) in [6.07, 6.45) is -2.37. The Labute approximate surface area is 106 Å². The first-order valence-corrected chi connectivity index (χ1v) is 5.45. The lowest BCUT2D eigenvalue weighted by atomic mass is 10.1. The Morgan fingerprint density at radius 2 is 1.88 bits per heavy atom. The molecule has 1 aromatic rings. The first kappa shape index (κ1) is 14.4. The van der Waals surface area contributed by atoms with Gasteiger partial charge in [0.15, 0.2) is 0 Å². The number of hydrogen-bond acceptors (Lipinski definition) is 2. The quantitative estimate of drug-likeness (QED) is 0.897. The molecule has 17 heavy (non-hydrogen) atoms. The number of halogens is 3. The van der Waals surface area contributed by atoms with Crippen LogP contribution in [-0.2, 0) is 6.54 Å². The Bertz CT molecular complexity index is 339. The van der Waals surface area contributed by atoms with Crippen LogP contribution in [0.4, 0.5) is 8.78 Å². The van der Waals surface area contributed by atoms with Crippen LogP contribution in [-0.4, -0.2) is 31.1 Å². The maximum absolute atomic E-state index is 12.3. The summed E-state index contributed by atoms with van der Waals surface area (Å²) in [5, 5.41) is 3.21. The molecule has 0 amide bonds. The summed E-state index contributed by atoms with van der Waals surface area (Å²) in [4.78, 5) is 2.24. The Balaban J connectivity index is 0.00000144. The van der Waals surface area contributed by atoms with Gasteiger partial charge in [-0.3, -0.25) is 4.90 Å². The van der Waals surface area contributed by atoms with Crippen LogP contribution in [0.15, 0.2) is 24.3 Å². The zero-order valence-electron chi connectivity index (χ0n) is 9.70. The van der Waals surface area contributed by atoms with Crippen molar-refractivity contribution in [1.29, 1.82) is 0 Å². The highest BCUT2D eigenvalue weighted by Crippen LogP contribution is 2.19. The fourth-order valence-electron chi connectivity index (χ4n) is 1.77. The molecule has 1 N–H and O–H groups in total. The predicted molar refractivity (Wildman–Crippen MR) is 66.8 cm³/mol. The zero-order chi connectivity index (χ0) is 11.5. The maximum Gasteiger partial charge on any atom is 0.263 e. The van der Waals surface area contributed by atoms with Crippen LogP contribution in [0.2, 0.25) is 0 Å². The lowest BCUT2D eigenvalue weighted by molar-refractivity contribution is 0.151. The van der Waals surface area contributed by atoms with Gasteiger partial charge in [-0.1, -0.05) is 24.3 Å². The van der Waals surface area contributed by atoms with Crippen LogP contribution in [0.25, 0.3) is 0 Å². The van der Waals surface area contributed by atoms with Gasteiger partial charge in [0, 0.05) is 31.2 Å². The summed E-state index contributed by atoms with van der Waals surface area (Å²) in [5.41, 5.74) is 1.18. The molecule has 0 radical (unpaired) electrons. The fourth-order valence-corrected chi connectivity index (χ4v) is 1.77. The number of alkyl halides is 2. The van der Waals surface area contributed by atoms with Crippen LogP contribution in [0, 0.1) is 0 Å². The predicted octanol–water partition coefficient (Wildman–Crippen LogP) is 2.45. The summed E-state index contributed by atoms with van der Waals surface area (Å²) in [7, 11) is 2.06. The summed E-state index contributed by atoms with van der Waals surface area (Å²) in [5.74, 6) is 0. The third-order valence-electron chi connectivity index (χ3n) is 3.05. The van der Waals surface area contributed by atoms with E-state index in [0.29, 0.717) is 6.04 Å². The molecular formula is C12H17ClF2N2. The molecule has 0 aromatic heterocycles. The molecule has 96 valence electrons. The summed E-state index contributed by atoms with van der Waals surface area (Å²) >= 11 is 0. The van der Waals surface area contributed by atoms with Crippen LogP contribution < -0.4 is 5.32 Å². The smallest absolute Gasteiger partial charge is 0.263 e. The van der Waals surface area contributed by atoms with Gasteiger partial charge >= 0.3 is 0 Å². The van der Waals surface area contributed by atoms with Gasteiger partial charge in [-0.15, -0.1) is 12.4 Å². The van der Waals surface area contributed by atoms with Crippen molar-refractivity contribution in [3.8, 4) is 0 Å². The van der Waals surface area contributed by atoms with Crippen LogP contribution >= 0.6 is 12.4 Å². The molecule has 0 aliphatic carbocycles. The molecule has 1 aliphatic heterocycles. The van der Waals surface area contributed by atoms with Gasteiger partial charge in [0.05, 0.1) is 0 Å². The van der Waals surface area contributed by atoms with Crippen LogP contribution in [0.1, 0.15) is 17.6 Å². The van der Waals surface area contributed by atoms with E-state index in [1.807, 2.05) is 0 Å². The molecule has 0 bridgehead atoms. The monoisotopic (exact) mass is 262 g/mol. The van der Waals surface area contributed by atoms with E-state index in [1.54, 1.807) is 12.1 Å². The average molecular weight is 263 g/mol. The molecule has 5 heteroatoms. The van der Waals surface area contributed by atoms with E-state index in [0.717, 1.165) is 25.2 Å². The second-order valence-corrected chi connectivity index (χ2v) is 4.27. The minimum absolute atomic E-state index is 0. The molecule has 2 nitrogen and oxygen atoms in total. The van der Waals surface area contributed by atoms with Crippen molar-refractivity contribution >= 4 is 12.4 Å². The van der Waals surface area contributed by atoms with Gasteiger partial charge in [-0.05, 0) is 12.6 Å². The number of benzene rings is 1. The van der Waals surface area contributed by atoms with Crippen molar-refractivity contribution in [2.75, 3.05) is 20.1 Å². The Morgan fingerprint density at radius 3 is 2.29 bits per heavy atom. The molecule has 0 atom stereocenters. The Morgan fingerprint density at radius 1 is 1.29 bits per heavy atom. The third kappa shape index (κ3) is 3.63. The Kier molecular flexibility index (Phi) is 5.31. The Hall–Kier alpha value is -0.710. The molecule has 1 heterocycles. The van der Waals surface area contributed by atoms with E-state index in [-0.39, 0.29) is 18.0 Å². The minimum atomic E-state index is -2.37. The first-order chi connectivity index (χ1) is 7.66. The zero-order valence-corrected chi connectivity index (χ0v) is 10.5. The van der Waals surface area contributed by atoms with Crippen molar-refractivity contribution in [2.45, 2.75) is 19.0 Å². The molecule has 0 unspecified atom stereocenters. The molecule has 1 fully saturated rings. The number of rotatable bonds is 4. The van der Waals surface area contributed by atoms with Crippen molar-refractivity contribution in [3.63, 3.8) is 0 Å². The van der Waals surface area contributed by atoms with Gasteiger partial charge in [-0.2, -0.15) is 0 Å². The molecule has 0 spiro atoms. The number of hydrogen-bond donors (Lipinski definition) is 1. The molecule has 0 saturated carbocycles. The van der Waals surface area contributed by atoms with Gasteiger partial charge in [0.25, 0.3) is 6.43 Å². The second kappa shape index (κ2) is 6.28. The topological polar surface area (TPSA) is 15.3 Å². The summed E-state index contributed by atoms with van der Waals surface area (Å²) in [6, 6.07) is 7.16.